The van der Waals surface area contributed by atoms with Crippen LogP contribution in [0.25, 0.3) is 23.0 Å². The Kier molecular flexibility index (Phi) is 5.42. The lowest BCUT2D eigenvalue weighted by molar-refractivity contribution is -0.111. The van der Waals surface area contributed by atoms with E-state index in [-0.39, 0.29) is 5.91 Å². The maximum atomic E-state index is 12.5. The lowest BCUT2D eigenvalue weighted by atomic mass is 10.1. The molecule has 0 unspecified atom stereocenters. The number of hydrogen-bond donors (Lipinski definition) is 1. The van der Waals surface area contributed by atoms with Crippen LogP contribution < -0.4 is 5.32 Å². The van der Waals surface area contributed by atoms with Gasteiger partial charge in [-0.3, -0.25) is 9.20 Å². The van der Waals surface area contributed by atoms with Gasteiger partial charge in [-0.15, -0.1) is 0 Å². The molecule has 0 bridgehead atoms. The van der Waals surface area contributed by atoms with Crippen LogP contribution in [0, 0.1) is 20.8 Å². The number of nitrogens with zero attached hydrogens (tertiary/aromatic N) is 2. The van der Waals surface area contributed by atoms with Gasteiger partial charge in [-0.25, -0.2) is 4.98 Å². The van der Waals surface area contributed by atoms with Crippen LogP contribution in [0.1, 0.15) is 22.4 Å². The quantitative estimate of drug-likeness (QED) is 0.401. The molecule has 4 aromatic rings. The summed E-state index contributed by atoms with van der Waals surface area (Å²) in [6.45, 7) is 6.02. The molecule has 4 rings (SSSR count). The Bertz CT molecular complexity index is 1270. The Labute approximate surface area is 180 Å². The van der Waals surface area contributed by atoms with Crippen LogP contribution in [0.4, 0.5) is 5.69 Å². The second kappa shape index (κ2) is 8.17. The third-order valence-electron chi connectivity index (χ3n) is 4.98. The Morgan fingerprint density at radius 2 is 1.77 bits per heavy atom. The van der Waals surface area contributed by atoms with E-state index in [1.165, 1.54) is 11.6 Å². The van der Waals surface area contributed by atoms with Gasteiger partial charge in [0.05, 0.1) is 11.4 Å². The summed E-state index contributed by atoms with van der Waals surface area (Å²) in [5.74, 6) is -0.230. The van der Waals surface area contributed by atoms with Crippen LogP contribution in [0.15, 0.2) is 66.9 Å². The fraction of sp³-hybridized carbons (Fsp3) is 0.120. The van der Waals surface area contributed by atoms with Crippen molar-refractivity contribution in [3.63, 3.8) is 0 Å². The monoisotopic (exact) mass is 415 g/mol. The number of aryl methyl sites for hydroxylation is 3. The number of fused-ring (bicyclic) bond motifs is 1. The first-order valence-electron chi connectivity index (χ1n) is 9.72. The van der Waals surface area contributed by atoms with Crippen molar-refractivity contribution in [3.8, 4) is 11.3 Å². The number of hydrogen-bond acceptors (Lipinski definition) is 2. The van der Waals surface area contributed by atoms with Gasteiger partial charge in [0.2, 0.25) is 5.91 Å². The number of anilines is 1. The Morgan fingerprint density at radius 1 is 1.00 bits per heavy atom. The maximum absolute atomic E-state index is 12.5. The molecule has 0 saturated carbocycles. The summed E-state index contributed by atoms with van der Waals surface area (Å²) in [5, 5.41) is 3.48. The predicted molar refractivity (Wildman–Crippen MR) is 124 cm³/mol. The molecular formula is C25H22ClN3O. The Hall–Kier alpha value is -3.37. The van der Waals surface area contributed by atoms with E-state index >= 15 is 0 Å². The van der Waals surface area contributed by atoms with E-state index in [9.17, 15) is 4.79 Å². The molecule has 2 heterocycles. The number of carbonyl (C=O) groups is 1. The second-order valence-corrected chi connectivity index (χ2v) is 7.84. The second-order valence-electron chi connectivity index (χ2n) is 7.43. The van der Waals surface area contributed by atoms with Crippen molar-refractivity contribution in [1.29, 1.82) is 0 Å². The number of aromatic nitrogens is 2. The van der Waals surface area contributed by atoms with Crippen LogP contribution in [0.2, 0.25) is 5.02 Å². The van der Waals surface area contributed by atoms with Crippen molar-refractivity contribution in [3.05, 3.63) is 94.3 Å². The first-order valence-corrected chi connectivity index (χ1v) is 10.1. The third kappa shape index (κ3) is 4.14. The molecule has 1 amide bonds. The summed E-state index contributed by atoms with van der Waals surface area (Å²) in [4.78, 5) is 17.3. The van der Waals surface area contributed by atoms with Gasteiger partial charge in [0.25, 0.3) is 0 Å². The highest BCUT2D eigenvalue weighted by atomic mass is 35.5. The summed E-state index contributed by atoms with van der Waals surface area (Å²) >= 11 is 6.15. The van der Waals surface area contributed by atoms with E-state index in [1.54, 1.807) is 12.1 Å². The fourth-order valence-electron chi connectivity index (χ4n) is 3.26. The minimum Gasteiger partial charge on any atom is -0.322 e. The minimum atomic E-state index is -0.230. The van der Waals surface area contributed by atoms with E-state index in [4.69, 9.17) is 16.6 Å². The molecule has 0 radical (unpaired) electrons. The molecule has 5 heteroatoms. The zero-order valence-corrected chi connectivity index (χ0v) is 17.9. The standard InChI is InChI=1S/C25H22ClN3O/c1-16-4-7-19(8-5-16)25-22(29-13-12-17(2)14-23(29)28-25)10-11-24(30)27-20-9-6-18(3)21(26)15-20/h4-15H,1-3H3,(H,27,30)/b11-10+. The van der Waals surface area contributed by atoms with Gasteiger partial charge < -0.3 is 5.32 Å². The van der Waals surface area contributed by atoms with Gasteiger partial charge in [-0.1, -0.05) is 47.5 Å². The number of halogens is 1. The normalized spacial score (nSPS) is 11.3. The van der Waals surface area contributed by atoms with Crippen LogP contribution in [-0.4, -0.2) is 15.3 Å². The molecule has 0 spiro atoms. The molecule has 0 aliphatic rings. The highest BCUT2D eigenvalue weighted by Gasteiger charge is 2.12. The molecule has 4 nitrogen and oxygen atoms in total. The van der Waals surface area contributed by atoms with E-state index < -0.39 is 0 Å². The first-order chi connectivity index (χ1) is 14.4. The topological polar surface area (TPSA) is 46.4 Å². The van der Waals surface area contributed by atoms with Crippen molar-refractivity contribution >= 4 is 34.9 Å². The molecule has 0 saturated heterocycles. The molecular weight excluding hydrogens is 394 g/mol. The van der Waals surface area contributed by atoms with Gasteiger partial charge in [0, 0.05) is 28.5 Å². The summed E-state index contributed by atoms with van der Waals surface area (Å²) in [7, 11) is 0. The molecule has 150 valence electrons. The summed E-state index contributed by atoms with van der Waals surface area (Å²) < 4.78 is 1.99. The predicted octanol–water partition coefficient (Wildman–Crippen LogP) is 6.23. The largest absolute Gasteiger partial charge is 0.322 e. The summed E-state index contributed by atoms with van der Waals surface area (Å²) in [6.07, 6.45) is 5.30. The molecule has 0 aliphatic carbocycles. The van der Waals surface area contributed by atoms with Gasteiger partial charge in [-0.2, -0.15) is 0 Å². The Balaban J connectivity index is 1.69. The number of imidazole rings is 1. The number of pyridine rings is 1. The van der Waals surface area contributed by atoms with E-state index in [0.717, 1.165) is 33.7 Å². The van der Waals surface area contributed by atoms with Crippen molar-refractivity contribution in [2.45, 2.75) is 20.8 Å². The zero-order chi connectivity index (χ0) is 21.3. The van der Waals surface area contributed by atoms with E-state index in [0.29, 0.717) is 10.7 Å². The van der Waals surface area contributed by atoms with Gasteiger partial charge in [0.15, 0.2) is 0 Å². The minimum absolute atomic E-state index is 0.230. The molecule has 30 heavy (non-hydrogen) atoms. The number of carbonyl (C=O) groups excluding carboxylic acids is 1. The van der Waals surface area contributed by atoms with Crippen LogP contribution >= 0.6 is 11.6 Å². The molecule has 1 N–H and O–H groups in total. The molecule has 0 fully saturated rings. The molecule has 2 aromatic heterocycles. The van der Waals surface area contributed by atoms with E-state index in [1.807, 2.05) is 48.7 Å². The van der Waals surface area contributed by atoms with Crippen molar-refractivity contribution in [2.75, 3.05) is 5.32 Å². The average molecular weight is 416 g/mol. The van der Waals surface area contributed by atoms with Crippen molar-refractivity contribution < 1.29 is 4.79 Å². The zero-order valence-electron chi connectivity index (χ0n) is 17.1. The summed E-state index contributed by atoms with van der Waals surface area (Å²) in [5.41, 5.74) is 7.48. The first kappa shape index (κ1) is 19.9. The summed E-state index contributed by atoms with van der Waals surface area (Å²) in [6, 6.07) is 17.7. The molecule has 2 aromatic carbocycles. The number of amides is 1. The smallest absolute Gasteiger partial charge is 0.248 e. The molecule has 0 atom stereocenters. The lowest BCUT2D eigenvalue weighted by Gasteiger charge is -2.05. The van der Waals surface area contributed by atoms with Crippen LogP contribution in [-0.2, 0) is 4.79 Å². The van der Waals surface area contributed by atoms with Crippen LogP contribution in [0.5, 0.6) is 0 Å². The Morgan fingerprint density at radius 3 is 2.50 bits per heavy atom. The van der Waals surface area contributed by atoms with Crippen molar-refractivity contribution in [1.82, 2.24) is 9.38 Å². The third-order valence-corrected chi connectivity index (χ3v) is 5.38. The number of nitrogens with one attached hydrogen (secondary N) is 1. The van der Waals surface area contributed by atoms with Crippen molar-refractivity contribution in [2.24, 2.45) is 0 Å². The highest BCUT2D eigenvalue weighted by Crippen LogP contribution is 2.26. The highest BCUT2D eigenvalue weighted by molar-refractivity contribution is 6.31. The van der Waals surface area contributed by atoms with E-state index in [2.05, 4.69) is 36.5 Å². The number of rotatable bonds is 4. The fourth-order valence-corrected chi connectivity index (χ4v) is 3.44. The number of benzene rings is 2. The lowest BCUT2D eigenvalue weighted by Crippen LogP contribution is -2.07. The van der Waals surface area contributed by atoms with Crippen LogP contribution in [0.3, 0.4) is 0 Å². The SMILES string of the molecule is Cc1ccc(-c2nc3cc(C)ccn3c2/C=C/C(=O)Nc2ccc(C)c(Cl)c2)cc1. The maximum Gasteiger partial charge on any atom is 0.248 e. The van der Waals surface area contributed by atoms with Gasteiger partial charge >= 0.3 is 0 Å². The van der Waals surface area contributed by atoms with Gasteiger partial charge in [0.1, 0.15) is 5.65 Å². The molecule has 0 aliphatic heterocycles. The van der Waals surface area contributed by atoms with Gasteiger partial charge in [-0.05, 0) is 62.2 Å². The average Bonchev–Trinajstić information content (AvgIpc) is 3.07.